The lowest BCUT2D eigenvalue weighted by atomic mass is 10.2. The Morgan fingerprint density at radius 2 is 2.07 bits per heavy atom. The van der Waals surface area contributed by atoms with Crippen LogP contribution >= 0.6 is 12.2 Å². The zero-order valence-corrected chi connectivity index (χ0v) is 8.73. The number of halogens is 2. The molecule has 1 aromatic rings. The van der Waals surface area contributed by atoms with Gasteiger partial charge in [-0.15, -0.1) is 0 Å². The predicted molar refractivity (Wildman–Crippen MR) is 59.5 cm³/mol. The Hall–Kier alpha value is -1.27. The molecular weight excluding hydrogens is 220 g/mol. The van der Waals surface area contributed by atoms with E-state index in [4.69, 9.17) is 23.7 Å². The lowest BCUT2D eigenvalue weighted by Crippen LogP contribution is -2.39. The van der Waals surface area contributed by atoms with Gasteiger partial charge in [0, 0.05) is 19.2 Å². The molecule has 4 N–H and O–H groups in total. The van der Waals surface area contributed by atoms with Gasteiger partial charge in [0.2, 0.25) is 0 Å². The summed E-state index contributed by atoms with van der Waals surface area (Å²) in [5.74, 6) is -1.36. The number of nitrogens with zero attached hydrogens (tertiary/aromatic N) is 1. The maximum absolute atomic E-state index is 13.3. The van der Waals surface area contributed by atoms with E-state index in [9.17, 15) is 8.78 Å². The summed E-state index contributed by atoms with van der Waals surface area (Å²) in [5, 5.41) is 0.00552. The Labute approximate surface area is 91.7 Å². The quantitative estimate of drug-likeness (QED) is 0.761. The third-order valence-electron chi connectivity index (χ3n) is 1.82. The minimum absolute atomic E-state index is 0.00552. The van der Waals surface area contributed by atoms with Crippen LogP contribution in [0.5, 0.6) is 0 Å². The third-order valence-corrected chi connectivity index (χ3v) is 2.04. The molecule has 6 heteroatoms. The van der Waals surface area contributed by atoms with Crippen molar-refractivity contribution < 1.29 is 8.78 Å². The number of nitrogens with two attached hydrogens (primary N) is 2. The number of benzene rings is 1. The highest BCUT2D eigenvalue weighted by Gasteiger charge is 2.13. The van der Waals surface area contributed by atoms with Gasteiger partial charge in [0.15, 0.2) is 5.11 Å². The standard InChI is InChI=1S/C9H11F2N3S/c10-6-1-2-8(7(11)5-6)14(4-3-12)9(13)15/h1-2,5H,3-4,12H2,(H2,13,15). The predicted octanol–water partition coefficient (Wildman–Crippen LogP) is 0.973. The van der Waals surface area contributed by atoms with Gasteiger partial charge in [0.05, 0.1) is 5.69 Å². The Bertz CT molecular complexity index is 370. The number of anilines is 1. The minimum Gasteiger partial charge on any atom is -0.376 e. The van der Waals surface area contributed by atoms with Gasteiger partial charge < -0.3 is 16.4 Å². The molecule has 0 aliphatic heterocycles. The molecule has 0 unspecified atom stereocenters. The van der Waals surface area contributed by atoms with Crippen molar-refractivity contribution in [3.05, 3.63) is 29.8 Å². The summed E-state index contributed by atoms with van der Waals surface area (Å²) >= 11 is 4.74. The van der Waals surface area contributed by atoms with Crippen molar-refractivity contribution >= 4 is 23.0 Å². The minimum atomic E-state index is -0.712. The Morgan fingerprint density at radius 3 is 2.53 bits per heavy atom. The van der Waals surface area contributed by atoms with Crippen LogP contribution in [0.2, 0.25) is 0 Å². The molecule has 0 aliphatic carbocycles. The molecule has 0 aliphatic rings. The van der Waals surface area contributed by atoms with Gasteiger partial charge in [0.1, 0.15) is 11.6 Å². The molecule has 3 nitrogen and oxygen atoms in total. The van der Waals surface area contributed by atoms with E-state index in [1.807, 2.05) is 0 Å². The molecule has 0 atom stereocenters. The molecule has 0 fully saturated rings. The fourth-order valence-corrected chi connectivity index (χ4v) is 1.37. The topological polar surface area (TPSA) is 55.3 Å². The van der Waals surface area contributed by atoms with Crippen molar-refractivity contribution in [2.75, 3.05) is 18.0 Å². The first-order valence-electron chi connectivity index (χ1n) is 4.28. The van der Waals surface area contributed by atoms with Crippen LogP contribution in [0.25, 0.3) is 0 Å². The highest BCUT2D eigenvalue weighted by Crippen LogP contribution is 2.19. The van der Waals surface area contributed by atoms with E-state index in [0.29, 0.717) is 0 Å². The zero-order chi connectivity index (χ0) is 11.4. The molecule has 0 bridgehead atoms. The van der Waals surface area contributed by atoms with Crippen LogP contribution in [0.1, 0.15) is 0 Å². The monoisotopic (exact) mass is 231 g/mol. The molecule has 82 valence electrons. The summed E-state index contributed by atoms with van der Waals surface area (Å²) in [5.41, 5.74) is 10.9. The summed E-state index contributed by atoms with van der Waals surface area (Å²) in [6, 6.07) is 3.19. The van der Waals surface area contributed by atoms with Gasteiger partial charge in [-0.2, -0.15) is 0 Å². The lowest BCUT2D eigenvalue weighted by molar-refractivity contribution is 0.583. The number of rotatable bonds is 3. The summed E-state index contributed by atoms with van der Waals surface area (Å²) in [6.07, 6.45) is 0. The average molecular weight is 231 g/mol. The van der Waals surface area contributed by atoms with Crippen LogP contribution in [-0.4, -0.2) is 18.2 Å². The van der Waals surface area contributed by atoms with Gasteiger partial charge in [-0.05, 0) is 24.4 Å². The van der Waals surface area contributed by atoms with Gasteiger partial charge in [0.25, 0.3) is 0 Å². The fourth-order valence-electron chi connectivity index (χ4n) is 1.18. The SMILES string of the molecule is NCCN(C(N)=S)c1ccc(F)cc1F. The molecule has 0 amide bonds. The maximum atomic E-state index is 13.3. The summed E-state index contributed by atoms with van der Waals surface area (Å²) in [6.45, 7) is 0.562. The molecule has 0 radical (unpaired) electrons. The van der Waals surface area contributed by atoms with Gasteiger partial charge >= 0.3 is 0 Å². The smallest absolute Gasteiger partial charge is 0.170 e. The van der Waals surface area contributed by atoms with Crippen LogP contribution < -0.4 is 16.4 Å². The zero-order valence-electron chi connectivity index (χ0n) is 7.91. The molecule has 0 saturated heterocycles. The second-order valence-corrected chi connectivity index (χ2v) is 3.29. The molecular formula is C9H11F2N3S. The molecule has 0 heterocycles. The normalized spacial score (nSPS) is 10.1. The fraction of sp³-hybridized carbons (Fsp3) is 0.222. The van der Waals surface area contributed by atoms with Gasteiger partial charge in [-0.1, -0.05) is 0 Å². The molecule has 0 saturated carbocycles. The van der Waals surface area contributed by atoms with Crippen LogP contribution in [0.3, 0.4) is 0 Å². The van der Waals surface area contributed by atoms with Crippen molar-refractivity contribution in [3.8, 4) is 0 Å². The molecule has 15 heavy (non-hydrogen) atoms. The van der Waals surface area contributed by atoms with Crippen molar-refractivity contribution in [1.82, 2.24) is 0 Å². The Kier molecular flexibility index (Phi) is 3.93. The number of thiocarbonyl (C=S) groups is 1. The van der Waals surface area contributed by atoms with E-state index in [1.54, 1.807) is 0 Å². The van der Waals surface area contributed by atoms with Crippen LogP contribution in [-0.2, 0) is 0 Å². The van der Waals surface area contributed by atoms with Crippen LogP contribution in [0, 0.1) is 11.6 Å². The van der Waals surface area contributed by atoms with E-state index in [-0.39, 0.29) is 23.9 Å². The van der Waals surface area contributed by atoms with E-state index in [0.717, 1.165) is 12.1 Å². The van der Waals surface area contributed by atoms with Crippen LogP contribution in [0.15, 0.2) is 18.2 Å². The number of hydrogen-bond donors (Lipinski definition) is 2. The van der Waals surface area contributed by atoms with E-state index in [2.05, 4.69) is 0 Å². The first-order chi connectivity index (χ1) is 7.06. The van der Waals surface area contributed by atoms with Crippen LogP contribution in [0.4, 0.5) is 14.5 Å². The van der Waals surface area contributed by atoms with Crippen molar-refractivity contribution in [1.29, 1.82) is 0 Å². The second-order valence-electron chi connectivity index (χ2n) is 2.87. The highest BCUT2D eigenvalue weighted by atomic mass is 32.1. The Balaban J connectivity index is 3.05. The van der Waals surface area contributed by atoms with Gasteiger partial charge in [-0.25, -0.2) is 8.78 Å². The van der Waals surface area contributed by atoms with Crippen molar-refractivity contribution in [3.63, 3.8) is 0 Å². The maximum Gasteiger partial charge on any atom is 0.170 e. The lowest BCUT2D eigenvalue weighted by Gasteiger charge is -2.22. The second kappa shape index (κ2) is 4.99. The molecule has 1 rings (SSSR count). The van der Waals surface area contributed by atoms with E-state index < -0.39 is 11.6 Å². The number of hydrogen-bond acceptors (Lipinski definition) is 2. The molecule has 1 aromatic carbocycles. The summed E-state index contributed by atoms with van der Waals surface area (Å²) in [7, 11) is 0. The molecule has 0 aromatic heterocycles. The molecule has 0 spiro atoms. The summed E-state index contributed by atoms with van der Waals surface area (Å²) in [4.78, 5) is 1.32. The first-order valence-corrected chi connectivity index (χ1v) is 4.69. The van der Waals surface area contributed by atoms with E-state index >= 15 is 0 Å². The largest absolute Gasteiger partial charge is 0.376 e. The summed E-state index contributed by atoms with van der Waals surface area (Å²) < 4.78 is 26.0. The van der Waals surface area contributed by atoms with Crippen molar-refractivity contribution in [2.45, 2.75) is 0 Å². The average Bonchev–Trinajstić information content (AvgIpc) is 2.15. The third kappa shape index (κ3) is 2.84. The Morgan fingerprint density at radius 1 is 1.40 bits per heavy atom. The van der Waals surface area contributed by atoms with Gasteiger partial charge in [-0.3, -0.25) is 0 Å². The van der Waals surface area contributed by atoms with E-state index in [1.165, 1.54) is 11.0 Å². The first kappa shape index (κ1) is 11.8. The highest BCUT2D eigenvalue weighted by molar-refractivity contribution is 7.80. The van der Waals surface area contributed by atoms with Crippen molar-refractivity contribution in [2.24, 2.45) is 11.5 Å².